The predicted octanol–water partition coefficient (Wildman–Crippen LogP) is 16.3. The lowest BCUT2D eigenvalue weighted by molar-refractivity contribution is 0.615. The molecular weight excluding hydrogens is 877 g/mol. The molecule has 2 aromatic heterocycles. The second-order valence-corrected chi connectivity index (χ2v) is 19.2. The number of halogens is 1. The fourth-order valence-electron chi connectivity index (χ4n) is 11.9. The molecule has 2 atom stereocenters. The van der Waals surface area contributed by atoms with Crippen LogP contribution in [0.3, 0.4) is 0 Å². The van der Waals surface area contributed by atoms with Crippen molar-refractivity contribution in [3.05, 3.63) is 297 Å². The molecule has 318 valence electrons. The van der Waals surface area contributed by atoms with Gasteiger partial charge in [-0.3, -0.25) is 0 Å². The van der Waals surface area contributed by atoms with Crippen molar-refractivity contribution in [1.82, 2.24) is 9.13 Å². The van der Waals surface area contributed by atoms with Gasteiger partial charge in [-0.1, -0.05) is 191 Å². The number of para-hydroxylation sites is 4. The van der Waals surface area contributed by atoms with Gasteiger partial charge in [-0.15, -0.1) is 0 Å². The van der Waals surface area contributed by atoms with Crippen LogP contribution in [0.4, 0.5) is 0 Å². The standard InChI is InChI=1S/C64H45BrN2/c1-42-25-29-44(30-26-42)63(46-33-37-61-53(39-46)51-19-9-13-23-59(51)66(61)49-15-5-3-6-16-49)55-21-11-12-22-56(55)64(45-31-27-43(2)28-32-45,58-41-48(65)35-36-57(58)63)47-34-38-62-54(40-47)52-20-10-14-24-60(52)67(62)50-17-7-4-8-18-50/h3-41H,1-2H3. The summed E-state index contributed by atoms with van der Waals surface area (Å²) in [6.07, 6.45) is 0. The molecule has 1 aliphatic carbocycles. The van der Waals surface area contributed by atoms with Gasteiger partial charge in [0.1, 0.15) is 0 Å². The minimum Gasteiger partial charge on any atom is -0.309 e. The van der Waals surface area contributed by atoms with Crippen LogP contribution in [-0.2, 0) is 10.8 Å². The number of hydrogen-bond donors (Lipinski definition) is 0. The average molecular weight is 922 g/mol. The van der Waals surface area contributed by atoms with Crippen molar-refractivity contribution in [2.75, 3.05) is 0 Å². The van der Waals surface area contributed by atoms with E-state index in [0.29, 0.717) is 0 Å². The Balaban J connectivity index is 1.17. The first-order valence-electron chi connectivity index (χ1n) is 23.2. The Bertz CT molecular complexity index is 3880. The highest BCUT2D eigenvalue weighted by molar-refractivity contribution is 9.10. The Hall–Kier alpha value is -7.72. The van der Waals surface area contributed by atoms with Crippen molar-refractivity contribution < 1.29 is 0 Å². The molecule has 0 saturated heterocycles. The lowest BCUT2D eigenvalue weighted by Crippen LogP contribution is -2.45. The average Bonchev–Trinajstić information content (AvgIpc) is 3.89. The highest BCUT2D eigenvalue weighted by Crippen LogP contribution is 2.61. The van der Waals surface area contributed by atoms with Gasteiger partial charge in [0.05, 0.1) is 32.9 Å². The quantitative estimate of drug-likeness (QED) is 0.157. The lowest BCUT2D eigenvalue weighted by atomic mass is 9.50. The van der Waals surface area contributed by atoms with E-state index < -0.39 is 10.8 Å². The Morgan fingerprint density at radius 3 is 1.15 bits per heavy atom. The van der Waals surface area contributed by atoms with Crippen molar-refractivity contribution in [2.24, 2.45) is 0 Å². The largest absolute Gasteiger partial charge is 0.309 e. The van der Waals surface area contributed by atoms with Crippen LogP contribution in [0.1, 0.15) is 55.6 Å². The number of benzene rings is 10. The monoisotopic (exact) mass is 920 g/mol. The third kappa shape index (κ3) is 5.68. The van der Waals surface area contributed by atoms with Crippen LogP contribution in [-0.4, -0.2) is 9.13 Å². The van der Waals surface area contributed by atoms with E-state index in [-0.39, 0.29) is 0 Å². The molecule has 0 aliphatic heterocycles. The molecule has 3 heteroatoms. The Labute approximate surface area is 399 Å². The maximum Gasteiger partial charge on any atom is 0.0708 e. The SMILES string of the molecule is Cc1ccc(C2(c3ccc4c(c3)c3ccccc3n4-c3ccccc3)c3ccccc3C(c3ccc(C)cc3)(c3ccc4c(c3)c3ccccc3n4-c3ccccc3)c3cc(Br)ccc32)cc1. The van der Waals surface area contributed by atoms with E-state index in [4.69, 9.17) is 0 Å². The molecule has 10 aromatic carbocycles. The molecular formula is C64H45BrN2. The molecule has 2 nitrogen and oxygen atoms in total. The van der Waals surface area contributed by atoms with E-state index in [1.807, 2.05) is 0 Å². The normalized spacial score (nSPS) is 16.7. The highest BCUT2D eigenvalue weighted by atomic mass is 79.9. The summed E-state index contributed by atoms with van der Waals surface area (Å²) in [6.45, 7) is 4.38. The molecule has 0 saturated carbocycles. The first kappa shape index (κ1) is 39.6. The van der Waals surface area contributed by atoms with Crippen molar-refractivity contribution >= 4 is 59.5 Å². The van der Waals surface area contributed by atoms with E-state index in [1.54, 1.807) is 0 Å². The van der Waals surface area contributed by atoms with Crippen molar-refractivity contribution in [3.8, 4) is 11.4 Å². The van der Waals surface area contributed by atoms with Crippen molar-refractivity contribution in [3.63, 3.8) is 0 Å². The van der Waals surface area contributed by atoms with Crippen molar-refractivity contribution in [1.29, 1.82) is 0 Å². The van der Waals surface area contributed by atoms with E-state index in [0.717, 1.165) is 15.8 Å². The molecule has 0 spiro atoms. The molecule has 2 heterocycles. The Morgan fingerprint density at radius 1 is 0.299 bits per heavy atom. The van der Waals surface area contributed by atoms with Crippen LogP contribution in [0.2, 0.25) is 0 Å². The summed E-state index contributed by atoms with van der Waals surface area (Å²) in [5.41, 5.74) is 18.1. The Morgan fingerprint density at radius 2 is 0.672 bits per heavy atom. The van der Waals surface area contributed by atoms with Gasteiger partial charge in [-0.25, -0.2) is 0 Å². The summed E-state index contributed by atoms with van der Waals surface area (Å²) < 4.78 is 5.88. The van der Waals surface area contributed by atoms with Gasteiger partial charge in [-0.05, 0) is 131 Å². The molecule has 0 bridgehead atoms. The van der Waals surface area contributed by atoms with E-state index in [1.165, 1.54) is 99.2 Å². The minimum absolute atomic E-state index is 0.702. The number of rotatable bonds is 6. The van der Waals surface area contributed by atoms with E-state index >= 15 is 0 Å². The molecule has 0 amide bonds. The van der Waals surface area contributed by atoms with E-state index in [9.17, 15) is 0 Å². The fraction of sp³-hybridized carbons (Fsp3) is 0.0625. The van der Waals surface area contributed by atoms with Gasteiger partial charge in [0.2, 0.25) is 0 Å². The summed E-state index contributed by atoms with van der Waals surface area (Å²) in [7, 11) is 0. The topological polar surface area (TPSA) is 9.86 Å². The van der Waals surface area contributed by atoms with Crippen LogP contribution in [0, 0.1) is 13.8 Å². The van der Waals surface area contributed by atoms with Crippen LogP contribution in [0.15, 0.2) is 241 Å². The maximum absolute atomic E-state index is 4.08. The van der Waals surface area contributed by atoms with Crippen LogP contribution < -0.4 is 0 Å². The third-order valence-corrected chi connectivity index (χ3v) is 15.2. The predicted molar refractivity (Wildman–Crippen MR) is 282 cm³/mol. The van der Waals surface area contributed by atoms with Gasteiger partial charge in [-0.2, -0.15) is 0 Å². The number of aromatic nitrogens is 2. The molecule has 1 aliphatic rings. The van der Waals surface area contributed by atoms with Gasteiger partial charge in [0.25, 0.3) is 0 Å². The molecule has 67 heavy (non-hydrogen) atoms. The third-order valence-electron chi connectivity index (χ3n) is 14.7. The number of aryl methyl sites for hydroxylation is 2. The summed E-state index contributed by atoms with van der Waals surface area (Å²) in [4.78, 5) is 0. The van der Waals surface area contributed by atoms with Gasteiger partial charge < -0.3 is 9.13 Å². The lowest BCUT2D eigenvalue weighted by Gasteiger charge is -2.51. The first-order chi connectivity index (χ1) is 33.0. The van der Waals surface area contributed by atoms with E-state index in [2.05, 4.69) is 275 Å². The summed E-state index contributed by atoms with van der Waals surface area (Å²) in [5, 5.41) is 4.93. The van der Waals surface area contributed by atoms with Gasteiger partial charge >= 0.3 is 0 Å². The summed E-state index contributed by atoms with van der Waals surface area (Å²) in [6, 6.07) is 88.9. The van der Waals surface area contributed by atoms with Gasteiger partial charge in [0.15, 0.2) is 0 Å². The Kier molecular flexibility index (Phi) is 8.97. The molecule has 0 N–H and O–H groups in total. The summed E-state index contributed by atoms with van der Waals surface area (Å²) in [5.74, 6) is 0. The second kappa shape index (κ2) is 15.2. The van der Waals surface area contributed by atoms with Crippen molar-refractivity contribution in [2.45, 2.75) is 24.7 Å². The minimum atomic E-state index is -0.713. The molecule has 0 radical (unpaired) electrons. The van der Waals surface area contributed by atoms with Crippen LogP contribution in [0.5, 0.6) is 0 Å². The van der Waals surface area contributed by atoms with Crippen LogP contribution in [0.25, 0.3) is 55.0 Å². The second-order valence-electron chi connectivity index (χ2n) is 18.3. The smallest absolute Gasteiger partial charge is 0.0708 e. The zero-order valence-electron chi connectivity index (χ0n) is 37.3. The number of nitrogens with zero attached hydrogens (tertiary/aromatic N) is 2. The zero-order valence-corrected chi connectivity index (χ0v) is 38.9. The summed E-state index contributed by atoms with van der Waals surface area (Å²) >= 11 is 4.08. The maximum atomic E-state index is 4.08. The fourth-order valence-corrected chi connectivity index (χ4v) is 12.2. The van der Waals surface area contributed by atoms with Crippen LogP contribution >= 0.6 is 15.9 Å². The van der Waals surface area contributed by atoms with Gasteiger partial charge in [0, 0.05) is 37.4 Å². The number of fused-ring (bicyclic) bond motifs is 8. The zero-order chi connectivity index (χ0) is 44.9. The first-order valence-corrected chi connectivity index (χ1v) is 24.0. The highest BCUT2D eigenvalue weighted by Gasteiger charge is 2.54. The number of hydrogen-bond acceptors (Lipinski definition) is 0. The molecule has 12 aromatic rings. The molecule has 2 unspecified atom stereocenters. The molecule has 0 fully saturated rings. The molecule has 13 rings (SSSR count).